The van der Waals surface area contributed by atoms with Crippen molar-refractivity contribution in [1.82, 2.24) is 9.97 Å². The monoisotopic (exact) mass is 312 g/mol. The van der Waals surface area contributed by atoms with Crippen LogP contribution in [0.25, 0.3) is 22.2 Å². The van der Waals surface area contributed by atoms with Gasteiger partial charge in [0.2, 0.25) is 5.28 Å². The number of ether oxygens (including phenoxy) is 1. The summed E-state index contributed by atoms with van der Waals surface area (Å²) in [6.07, 6.45) is 0. The van der Waals surface area contributed by atoms with Crippen molar-refractivity contribution in [2.24, 2.45) is 0 Å². The topological polar surface area (TPSA) is 35.0 Å². The molecule has 0 fully saturated rings. The third-order valence-corrected chi connectivity index (χ3v) is 3.90. The third kappa shape index (κ3) is 2.77. The largest absolute Gasteiger partial charge is 0.497 e. The Kier molecular flexibility index (Phi) is 3.99. The van der Waals surface area contributed by atoms with Gasteiger partial charge >= 0.3 is 0 Å². The van der Waals surface area contributed by atoms with E-state index < -0.39 is 0 Å². The quantitative estimate of drug-likeness (QED) is 0.632. The fraction of sp³-hybridized carbons (Fsp3) is 0.222. The summed E-state index contributed by atoms with van der Waals surface area (Å²) in [5.41, 5.74) is 3.95. The Bertz CT molecular complexity index is 813. The average Bonchev–Trinajstić information content (AvgIpc) is 2.53. The zero-order chi connectivity index (χ0) is 15.7. The van der Waals surface area contributed by atoms with Gasteiger partial charge in [0.05, 0.1) is 18.3 Å². The van der Waals surface area contributed by atoms with Gasteiger partial charge in [0.15, 0.2) is 0 Å². The van der Waals surface area contributed by atoms with Gasteiger partial charge in [0.25, 0.3) is 0 Å². The number of rotatable bonds is 3. The van der Waals surface area contributed by atoms with Gasteiger partial charge in [-0.2, -0.15) is 0 Å². The van der Waals surface area contributed by atoms with Crippen molar-refractivity contribution in [2.45, 2.75) is 19.8 Å². The Labute approximate surface area is 134 Å². The van der Waals surface area contributed by atoms with Crippen molar-refractivity contribution in [3.63, 3.8) is 0 Å². The van der Waals surface area contributed by atoms with Gasteiger partial charge < -0.3 is 4.74 Å². The molecule has 3 aromatic rings. The molecule has 0 saturated heterocycles. The highest BCUT2D eigenvalue weighted by Gasteiger charge is 2.10. The van der Waals surface area contributed by atoms with Gasteiger partial charge in [-0.3, -0.25) is 0 Å². The van der Waals surface area contributed by atoms with E-state index in [2.05, 4.69) is 48.1 Å². The van der Waals surface area contributed by atoms with Crippen molar-refractivity contribution in [3.8, 4) is 17.0 Å². The van der Waals surface area contributed by atoms with Crippen LogP contribution in [0.15, 0.2) is 42.5 Å². The van der Waals surface area contributed by atoms with Crippen LogP contribution in [0.1, 0.15) is 25.3 Å². The maximum atomic E-state index is 6.08. The summed E-state index contributed by atoms with van der Waals surface area (Å²) in [6.45, 7) is 4.35. The number of halogens is 1. The van der Waals surface area contributed by atoms with E-state index in [9.17, 15) is 0 Å². The minimum Gasteiger partial charge on any atom is -0.497 e. The van der Waals surface area contributed by atoms with E-state index >= 15 is 0 Å². The number of methoxy groups -OCH3 is 1. The fourth-order valence-electron chi connectivity index (χ4n) is 2.45. The van der Waals surface area contributed by atoms with Crippen LogP contribution in [0, 0.1) is 0 Å². The Hall–Kier alpha value is -2.13. The molecule has 112 valence electrons. The lowest BCUT2D eigenvalue weighted by Crippen LogP contribution is -1.93. The summed E-state index contributed by atoms with van der Waals surface area (Å²) < 4.78 is 5.31. The van der Waals surface area contributed by atoms with Crippen LogP contribution < -0.4 is 4.74 Å². The molecule has 0 aliphatic heterocycles. The highest BCUT2D eigenvalue weighted by atomic mass is 35.5. The molecule has 1 heterocycles. The van der Waals surface area contributed by atoms with Crippen LogP contribution in [-0.4, -0.2) is 17.1 Å². The van der Waals surface area contributed by atoms with Gasteiger partial charge in [0, 0.05) is 10.9 Å². The van der Waals surface area contributed by atoms with Gasteiger partial charge in [-0.05, 0) is 41.3 Å². The molecule has 0 aliphatic carbocycles. The first-order valence-corrected chi connectivity index (χ1v) is 7.58. The lowest BCUT2D eigenvalue weighted by Gasteiger charge is -2.10. The van der Waals surface area contributed by atoms with Gasteiger partial charge in [-0.25, -0.2) is 9.97 Å². The second-order valence-corrected chi connectivity index (χ2v) is 5.84. The Morgan fingerprint density at radius 3 is 2.36 bits per heavy atom. The molecule has 2 aromatic carbocycles. The molecule has 0 saturated carbocycles. The van der Waals surface area contributed by atoms with E-state index in [1.807, 2.05) is 18.2 Å². The van der Waals surface area contributed by atoms with Crippen LogP contribution in [-0.2, 0) is 0 Å². The van der Waals surface area contributed by atoms with Crippen LogP contribution in [0.2, 0.25) is 5.28 Å². The van der Waals surface area contributed by atoms with Crippen molar-refractivity contribution in [2.75, 3.05) is 7.11 Å². The predicted molar refractivity (Wildman–Crippen MR) is 90.6 cm³/mol. The molecule has 3 nitrogen and oxygen atoms in total. The smallest absolute Gasteiger partial charge is 0.223 e. The molecule has 4 heteroatoms. The summed E-state index contributed by atoms with van der Waals surface area (Å²) in [5, 5.41) is 1.18. The molecule has 0 unspecified atom stereocenters. The van der Waals surface area contributed by atoms with Crippen molar-refractivity contribution >= 4 is 22.5 Å². The molecule has 3 rings (SSSR count). The second kappa shape index (κ2) is 5.93. The molecular formula is C18H17ClN2O. The first-order valence-electron chi connectivity index (χ1n) is 7.20. The Balaban J connectivity index is 2.19. The van der Waals surface area contributed by atoms with Gasteiger partial charge in [-0.15, -0.1) is 0 Å². The highest BCUT2D eigenvalue weighted by molar-refractivity contribution is 6.28. The molecule has 22 heavy (non-hydrogen) atoms. The van der Waals surface area contributed by atoms with Crippen molar-refractivity contribution < 1.29 is 4.74 Å². The van der Waals surface area contributed by atoms with Crippen LogP contribution >= 0.6 is 11.6 Å². The standard InChI is InChI=1S/C18H17ClN2O/c1-11(2)12-4-6-13(7-5-12)17-15-10-14(22-3)8-9-16(15)20-18(19)21-17/h4-11H,1-3H3. The molecule has 0 aliphatic rings. The predicted octanol–water partition coefficient (Wildman–Crippen LogP) is 5.08. The Morgan fingerprint density at radius 2 is 1.73 bits per heavy atom. The maximum Gasteiger partial charge on any atom is 0.223 e. The zero-order valence-corrected chi connectivity index (χ0v) is 13.6. The normalized spacial score (nSPS) is 11.1. The Morgan fingerprint density at radius 1 is 1.00 bits per heavy atom. The van der Waals surface area contributed by atoms with E-state index in [1.165, 1.54) is 5.56 Å². The van der Waals surface area contributed by atoms with Crippen LogP contribution in [0.3, 0.4) is 0 Å². The van der Waals surface area contributed by atoms with E-state index in [-0.39, 0.29) is 5.28 Å². The van der Waals surface area contributed by atoms with Crippen LogP contribution in [0.4, 0.5) is 0 Å². The minimum atomic E-state index is 0.251. The zero-order valence-electron chi connectivity index (χ0n) is 12.8. The maximum absolute atomic E-state index is 6.08. The van der Waals surface area contributed by atoms with Crippen molar-refractivity contribution in [3.05, 3.63) is 53.3 Å². The van der Waals surface area contributed by atoms with E-state index in [0.29, 0.717) is 5.92 Å². The number of benzene rings is 2. The molecule has 0 spiro atoms. The summed E-state index contributed by atoms with van der Waals surface area (Å²) in [7, 11) is 1.65. The number of fused-ring (bicyclic) bond motifs is 1. The number of nitrogens with zero attached hydrogens (tertiary/aromatic N) is 2. The molecule has 0 atom stereocenters. The van der Waals surface area contributed by atoms with Crippen molar-refractivity contribution in [1.29, 1.82) is 0 Å². The lowest BCUT2D eigenvalue weighted by atomic mass is 9.99. The molecular weight excluding hydrogens is 296 g/mol. The minimum absolute atomic E-state index is 0.251. The first kappa shape index (κ1) is 14.8. The van der Waals surface area contributed by atoms with Gasteiger partial charge in [-0.1, -0.05) is 38.1 Å². The highest BCUT2D eigenvalue weighted by Crippen LogP contribution is 2.30. The number of hydrogen-bond acceptors (Lipinski definition) is 3. The molecule has 0 amide bonds. The first-order chi connectivity index (χ1) is 10.6. The summed E-state index contributed by atoms with van der Waals surface area (Å²) in [4.78, 5) is 8.70. The molecule has 1 aromatic heterocycles. The lowest BCUT2D eigenvalue weighted by molar-refractivity contribution is 0.415. The van der Waals surface area contributed by atoms with Gasteiger partial charge in [0.1, 0.15) is 5.75 Å². The fourth-order valence-corrected chi connectivity index (χ4v) is 2.63. The summed E-state index contributed by atoms with van der Waals surface area (Å²) >= 11 is 6.08. The third-order valence-electron chi connectivity index (χ3n) is 3.73. The number of hydrogen-bond donors (Lipinski definition) is 0. The second-order valence-electron chi connectivity index (χ2n) is 5.50. The average molecular weight is 313 g/mol. The van der Waals surface area contributed by atoms with E-state index in [0.717, 1.165) is 27.9 Å². The van der Waals surface area contributed by atoms with E-state index in [1.54, 1.807) is 7.11 Å². The number of aromatic nitrogens is 2. The SMILES string of the molecule is COc1ccc2nc(Cl)nc(-c3ccc(C(C)C)cc3)c2c1. The molecule has 0 N–H and O–H groups in total. The molecule has 0 bridgehead atoms. The summed E-state index contributed by atoms with van der Waals surface area (Å²) in [6, 6.07) is 14.1. The van der Waals surface area contributed by atoms with E-state index in [4.69, 9.17) is 16.3 Å². The summed E-state index contributed by atoms with van der Waals surface area (Å²) in [5.74, 6) is 1.28. The van der Waals surface area contributed by atoms with Crippen LogP contribution in [0.5, 0.6) is 5.75 Å². The molecule has 0 radical (unpaired) electrons.